The number of aromatic nitrogens is 2. The zero-order valence-electron chi connectivity index (χ0n) is 16.0. The second-order valence-electron chi connectivity index (χ2n) is 6.85. The van der Waals surface area contributed by atoms with E-state index in [9.17, 15) is 13.6 Å². The molecule has 0 spiro atoms. The first-order valence-electron chi connectivity index (χ1n) is 9.46. The van der Waals surface area contributed by atoms with Crippen molar-refractivity contribution in [3.63, 3.8) is 0 Å². The number of carbonyl (C=O) groups excluding carboxylic acids is 1. The molecule has 8 nitrogen and oxygen atoms in total. The third-order valence-electron chi connectivity index (χ3n) is 4.73. The standard InChI is InChI=1S/C19H24F2N6O2/c1-2-29-19-13(21)7-10(9-24-19)25-17-11(16(23)28)8-12(20)18(27-17)26-15-6-4-3-5-14(15)22/h7-9,14-15H,2-6,22H2,1H3,(H2,23,28)(H2,25,26,27)/t14-,15+/m0/s1. The van der Waals surface area contributed by atoms with Crippen LogP contribution in [0.2, 0.25) is 0 Å². The number of ether oxygens (including phenoxy) is 1. The summed E-state index contributed by atoms with van der Waals surface area (Å²) in [5, 5.41) is 5.79. The fourth-order valence-corrected chi connectivity index (χ4v) is 3.26. The van der Waals surface area contributed by atoms with E-state index in [1.165, 1.54) is 6.20 Å². The second kappa shape index (κ2) is 8.99. The molecule has 1 aliphatic rings. The first-order chi connectivity index (χ1) is 13.9. The number of rotatable bonds is 7. The topological polar surface area (TPSA) is 128 Å². The fraction of sp³-hybridized carbons (Fsp3) is 0.421. The first-order valence-corrected chi connectivity index (χ1v) is 9.46. The van der Waals surface area contributed by atoms with Crippen molar-refractivity contribution in [1.29, 1.82) is 0 Å². The van der Waals surface area contributed by atoms with Crippen LogP contribution in [0.15, 0.2) is 18.3 Å². The van der Waals surface area contributed by atoms with Gasteiger partial charge in [-0.25, -0.2) is 18.7 Å². The Morgan fingerprint density at radius 3 is 2.66 bits per heavy atom. The normalized spacial score (nSPS) is 18.9. The summed E-state index contributed by atoms with van der Waals surface area (Å²) in [6.07, 6.45) is 4.94. The van der Waals surface area contributed by atoms with Crippen LogP contribution in [0.1, 0.15) is 43.0 Å². The van der Waals surface area contributed by atoms with Gasteiger partial charge in [0.2, 0.25) is 5.88 Å². The molecule has 29 heavy (non-hydrogen) atoms. The Morgan fingerprint density at radius 1 is 1.24 bits per heavy atom. The van der Waals surface area contributed by atoms with Crippen molar-refractivity contribution in [1.82, 2.24) is 9.97 Å². The van der Waals surface area contributed by atoms with Gasteiger partial charge in [0, 0.05) is 18.2 Å². The predicted molar refractivity (Wildman–Crippen MR) is 105 cm³/mol. The molecule has 0 saturated heterocycles. The van der Waals surface area contributed by atoms with Gasteiger partial charge >= 0.3 is 0 Å². The summed E-state index contributed by atoms with van der Waals surface area (Å²) >= 11 is 0. The van der Waals surface area contributed by atoms with Gasteiger partial charge in [0.25, 0.3) is 5.91 Å². The van der Waals surface area contributed by atoms with Gasteiger partial charge in [-0.05, 0) is 25.8 Å². The van der Waals surface area contributed by atoms with Crippen molar-refractivity contribution < 1.29 is 18.3 Å². The molecule has 1 amide bonds. The van der Waals surface area contributed by atoms with E-state index >= 15 is 0 Å². The zero-order chi connectivity index (χ0) is 21.0. The van der Waals surface area contributed by atoms with E-state index in [2.05, 4.69) is 20.6 Å². The molecule has 0 unspecified atom stereocenters. The minimum Gasteiger partial charge on any atom is -0.476 e. The van der Waals surface area contributed by atoms with Gasteiger partial charge in [0.1, 0.15) is 5.82 Å². The fourth-order valence-electron chi connectivity index (χ4n) is 3.26. The third kappa shape index (κ3) is 4.89. The van der Waals surface area contributed by atoms with Crippen LogP contribution >= 0.6 is 0 Å². The number of primary amides is 1. The van der Waals surface area contributed by atoms with Crippen molar-refractivity contribution >= 4 is 23.2 Å². The molecule has 2 aromatic heterocycles. The molecule has 2 aromatic rings. The van der Waals surface area contributed by atoms with Gasteiger partial charge in [0.15, 0.2) is 17.5 Å². The average molecular weight is 406 g/mol. The van der Waals surface area contributed by atoms with Gasteiger partial charge in [-0.15, -0.1) is 0 Å². The maximum atomic E-state index is 14.5. The highest BCUT2D eigenvalue weighted by Crippen LogP contribution is 2.27. The molecule has 156 valence electrons. The molecule has 1 saturated carbocycles. The minimum atomic E-state index is -0.876. The molecular weight excluding hydrogens is 382 g/mol. The number of pyridine rings is 2. The Balaban J connectivity index is 1.89. The minimum absolute atomic E-state index is 0.0175. The highest BCUT2D eigenvalue weighted by molar-refractivity contribution is 5.98. The lowest BCUT2D eigenvalue weighted by Gasteiger charge is -2.30. The molecule has 6 N–H and O–H groups in total. The number of nitrogens with one attached hydrogen (secondary N) is 2. The molecule has 0 aromatic carbocycles. The molecule has 2 heterocycles. The van der Waals surface area contributed by atoms with E-state index in [0.29, 0.717) is 0 Å². The van der Waals surface area contributed by atoms with Gasteiger partial charge < -0.3 is 26.8 Å². The van der Waals surface area contributed by atoms with Gasteiger partial charge in [0.05, 0.1) is 24.1 Å². The number of anilines is 3. The molecule has 0 radical (unpaired) electrons. The molecule has 0 aliphatic heterocycles. The summed E-state index contributed by atoms with van der Waals surface area (Å²) in [6, 6.07) is 1.87. The van der Waals surface area contributed by atoms with E-state index in [-0.39, 0.29) is 47.5 Å². The largest absolute Gasteiger partial charge is 0.476 e. The molecule has 0 bridgehead atoms. The van der Waals surface area contributed by atoms with Gasteiger partial charge in [-0.2, -0.15) is 0 Å². The summed E-state index contributed by atoms with van der Waals surface area (Å²) < 4.78 is 33.6. The molecule has 3 rings (SSSR count). The average Bonchev–Trinajstić information content (AvgIpc) is 2.68. The Kier molecular flexibility index (Phi) is 6.42. The summed E-state index contributed by atoms with van der Waals surface area (Å²) in [6.45, 7) is 1.97. The third-order valence-corrected chi connectivity index (χ3v) is 4.73. The van der Waals surface area contributed by atoms with Crippen LogP contribution in [0.3, 0.4) is 0 Å². The van der Waals surface area contributed by atoms with Crippen LogP contribution in [-0.2, 0) is 0 Å². The number of halogens is 2. The van der Waals surface area contributed by atoms with E-state index in [1.54, 1.807) is 6.92 Å². The maximum absolute atomic E-state index is 14.5. The van der Waals surface area contributed by atoms with Crippen LogP contribution < -0.4 is 26.8 Å². The number of hydrogen-bond donors (Lipinski definition) is 4. The second-order valence-corrected chi connectivity index (χ2v) is 6.85. The van der Waals surface area contributed by atoms with Gasteiger partial charge in [-0.1, -0.05) is 12.8 Å². The number of hydrogen-bond acceptors (Lipinski definition) is 7. The van der Waals surface area contributed by atoms with Crippen LogP contribution in [0.4, 0.5) is 26.1 Å². The summed E-state index contributed by atoms with van der Waals surface area (Å²) in [7, 11) is 0. The Labute approximate surface area is 167 Å². The van der Waals surface area contributed by atoms with Crippen molar-refractivity contribution in [3.8, 4) is 5.88 Å². The lowest BCUT2D eigenvalue weighted by molar-refractivity contribution is 0.100. The molecule has 1 aliphatic carbocycles. The van der Waals surface area contributed by atoms with E-state index < -0.39 is 17.5 Å². The summed E-state index contributed by atoms with van der Waals surface area (Å²) in [5.41, 5.74) is 11.5. The predicted octanol–water partition coefficient (Wildman–Crippen LogP) is 2.68. The van der Waals surface area contributed by atoms with E-state index in [0.717, 1.165) is 37.8 Å². The molecule has 10 heteroatoms. The molecular formula is C19H24F2N6O2. The summed E-state index contributed by atoms with van der Waals surface area (Å²) in [4.78, 5) is 19.8. The summed E-state index contributed by atoms with van der Waals surface area (Å²) in [5.74, 6) is -2.51. The Morgan fingerprint density at radius 2 is 2.00 bits per heavy atom. The van der Waals surface area contributed by atoms with Crippen molar-refractivity contribution in [3.05, 3.63) is 35.5 Å². The number of nitrogens with zero attached hydrogens (tertiary/aromatic N) is 2. The van der Waals surface area contributed by atoms with Crippen molar-refractivity contribution in [2.75, 3.05) is 17.2 Å². The Bertz CT molecular complexity index is 895. The highest BCUT2D eigenvalue weighted by Gasteiger charge is 2.24. The highest BCUT2D eigenvalue weighted by atomic mass is 19.1. The van der Waals surface area contributed by atoms with Crippen LogP contribution in [0.25, 0.3) is 0 Å². The van der Waals surface area contributed by atoms with Crippen LogP contribution in [0, 0.1) is 11.6 Å². The smallest absolute Gasteiger partial charge is 0.252 e. The van der Waals surface area contributed by atoms with Crippen LogP contribution in [0.5, 0.6) is 5.88 Å². The zero-order valence-corrected chi connectivity index (χ0v) is 16.0. The Hall–Kier alpha value is -3.01. The monoisotopic (exact) mass is 406 g/mol. The quantitative estimate of drug-likeness (QED) is 0.556. The first kappa shape index (κ1) is 20.7. The SMILES string of the molecule is CCOc1ncc(Nc2nc(N[C@@H]3CCCC[C@@H]3N)c(F)cc2C(N)=O)cc1F. The van der Waals surface area contributed by atoms with E-state index in [1.807, 2.05) is 0 Å². The number of amides is 1. The number of nitrogens with two attached hydrogens (primary N) is 2. The van der Waals surface area contributed by atoms with Crippen LogP contribution in [-0.4, -0.2) is 34.6 Å². The van der Waals surface area contributed by atoms with E-state index in [4.69, 9.17) is 16.2 Å². The lowest BCUT2D eigenvalue weighted by atomic mass is 9.91. The number of carbonyl (C=O) groups is 1. The molecule has 1 fully saturated rings. The lowest BCUT2D eigenvalue weighted by Crippen LogP contribution is -2.43. The van der Waals surface area contributed by atoms with Crippen molar-refractivity contribution in [2.24, 2.45) is 11.5 Å². The molecule has 2 atom stereocenters. The van der Waals surface area contributed by atoms with Gasteiger partial charge in [-0.3, -0.25) is 4.79 Å². The van der Waals surface area contributed by atoms with Crippen molar-refractivity contribution in [2.45, 2.75) is 44.7 Å². The maximum Gasteiger partial charge on any atom is 0.252 e.